The Kier molecular flexibility index (Phi) is 5.45. The van der Waals surface area contributed by atoms with E-state index in [2.05, 4.69) is 5.32 Å². The molecule has 1 saturated carbocycles. The average Bonchev–Trinajstić information content (AvgIpc) is 3.43. The van der Waals surface area contributed by atoms with Crippen LogP contribution in [0.4, 0.5) is 13.2 Å². The molecule has 1 amide bonds. The zero-order valence-electron chi connectivity index (χ0n) is 15.3. The maximum atomic E-state index is 13.2. The first kappa shape index (κ1) is 19.9. The van der Waals surface area contributed by atoms with Gasteiger partial charge in [0.15, 0.2) is 0 Å². The number of benzene rings is 2. The van der Waals surface area contributed by atoms with Crippen LogP contribution in [0.1, 0.15) is 47.9 Å². The summed E-state index contributed by atoms with van der Waals surface area (Å²) >= 11 is 0. The number of carboxylic acids is 1. The van der Waals surface area contributed by atoms with Gasteiger partial charge in [0.2, 0.25) is 5.91 Å². The van der Waals surface area contributed by atoms with E-state index in [1.165, 1.54) is 13.0 Å². The number of hydrogen-bond donors (Lipinski definition) is 2. The minimum absolute atomic E-state index is 0.0398. The molecular formula is C21H20F3NO3. The summed E-state index contributed by atoms with van der Waals surface area (Å²) in [4.78, 5) is 22.4. The van der Waals surface area contributed by atoms with Crippen molar-refractivity contribution in [3.8, 4) is 11.1 Å². The Hall–Kier alpha value is -2.83. The first-order valence-electron chi connectivity index (χ1n) is 8.94. The lowest BCUT2D eigenvalue weighted by Crippen LogP contribution is -2.20. The fourth-order valence-corrected chi connectivity index (χ4v) is 3.27. The standard InChI is InChI=1S/C21H20F3NO3/c1-12(26)25-11-15-10-16(21(22,23)24)5-7-18(15)19-8-13(9-20(27)28)2-6-17(19)14-3-4-14/h2,5-8,10,14H,3-4,9,11H2,1H3,(H,25,26)(H,27,28). The largest absolute Gasteiger partial charge is 0.481 e. The number of nitrogens with one attached hydrogen (secondary N) is 1. The molecule has 3 rings (SSSR count). The van der Waals surface area contributed by atoms with Crippen LogP contribution < -0.4 is 5.32 Å². The molecule has 0 heterocycles. The molecule has 0 unspecified atom stereocenters. The van der Waals surface area contributed by atoms with Crippen molar-refractivity contribution in [3.63, 3.8) is 0 Å². The Labute approximate surface area is 160 Å². The molecule has 0 saturated heterocycles. The van der Waals surface area contributed by atoms with Gasteiger partial charge in [0.25, 0.3) is 0 Å². The van der Waals surface area contributed by atoms with Crippen LogP contribution in [0.5, 0.6) is 0 Å². The van der Waals surface area contributed by atoms with Crippen molar-refractivity contribution in [3.05, 3.63) is 58.7 Å². The number of hydrogen-bond acceptors (Lipinski definition) is 2. The normalized spacial score (nSPS) is 14.0. The van der Waals surface area contributed by atoms with Gasteiger partial charge in [-0.2, -0.15) is 13.2 Å². The maximum absolute atomic E-state index is 13.2. The first-order valence-corrected chi connectivity index (χ1v) is 8.94. The highest BCUT2D eigenvalue weighted by Crippen LogP contribution is 2.45. The number of carbonyl (C=O) groups excluding carboxylic acids is 1. The topological polar surface area (TPSA) is 66.4 Å². The van der Waals surface area contributed by atoms with Gasteiger partial charge >= 0.3 is 12.1 Å². The van der Waals surface area contributed by atoms with E-state index in [-0.39, 0.29) is 18.9 Å². The highest BCUT2D eigenvalue weighted by molar-refractivity contribution is 5.77. The zero-order chi connectivity index (χ0) is 20.5. The summed E-state index contributed by atoms with van der Waals surface area (Å²) in [5.41, 5.74) is 2.45. The number of alkyl halides is 3. The Morgan fingerprint density at radius 3 is 2.39 bits per heavy atom. The van der Waals surface area contributed by atoms with Gasteiger partial charge in [-0.3, -0.25) is 9.59 Å². The highest BCUT2D eigenvalue weighted by atomic mass is 19.4. The van der Waals surface area contributed by atoms with E-state index >= 15 is 0 Å². The second-order valence-corrected chi connectivity index (χ2v) is 7.05. The third-order valence-corrected chi connectivity index (χ3v) is 4.74. The molecule has 7 heteroatoms. The average molecular weight is 391 g/mol. The predicted octanol–water partition coefficient (Wildman–Crippen LogP) is 4.51. The Morgan fingerprint density at radius 1 is 1.11 bits per heavy atom. The Balaban J connectivity index is 2.12. The van der Waals surface area contributed by atoms with E-state index in [1.807, 2.05) is 6.07 Å². The number of rotatable bonds is 6. The molecule has 2 N–H and O–H groups in total. The van der Waals surface area contributed by atoms with Gasteiger partial charge in [0, 0.05) is 13.5 Å². The second kappa shape index (κ2) is 7.66. The van der Waals surface area contributed by atoms with Crippen LogP contribution in [0.15, 0.2) is 36.4 Å². The number of carboxylic acid groups (broad SMARTS) is 1. The molecule has 1 aliphatic rings. The molecule has 1 aliphatic carbocycles. The lowest BCUT2D eigenvalue weighted by Gasteiger charge is -2.17. The minimum atomic E-state index is -4.49. The van der Waals surface area contributed by atoms with E-state index in [9.17, 15) is 22.8 Å². The van der Waals surface area contributed by atoms with Crippen LogP contribution in [0, 0.1) is 0 Å². The molecule has 28 heavy (non-hydrogen) atoms. The van der Waals surface area contributed by atoms with Crippen molar-refractivity contribution in [1.82, 2.24) is 5.32 Å². The van der Waals surface area contributed by atoms with E-state index in [1.54, 1.807) is 12.1 Å². The van der Waals surface area contributed by atoms with Crippen LogP contribution in [-0.2, 0) is 28.7 Å². The lowest BCUT2D eigenvalue weighted by atomic mass is 9.90. The van der Waals surface area contributed by atoms with Crippen molar-refractivity contribution in [2.75, 3.05) is 0 Å². The summed E-state index contributed by atoms with van der Waals surface area (Å²) in [7, 11) is 0. The third-order valence-electron chi connectivity index (χ3n) is 4.74. The van der Waals surface area contributed by atoms with Gasteiger partial charge in [-0.1, -0.05) is 24.3 Å². The molecule has 0 aliphatic heterocycles. The highest BCUT2D eigenvalue weighted by Gasteiger charge is 2.32. The summed E-state index contributed by atoms with van der Waals surface area (Å²) < 4.78 is 39.5. The van der Waals surface area contributed by atoms with Crippen molar-refractivity contribution in [2.24, 2.45) is 0 Å². The molecule has 2 aromatic rings. The smallest absolute Gasteiger partial charge is 0.416 e. The van der Waals surface area contributed by atoms with Crippen molar-refractivity contribution in [1.29, 1.82) is 0 Å². The summed E-state index contributed by atoms with van der Waals surface area (Å²) in [6.45, 7) is 1.26. The molecule has 0 radical (unpaired) electrons. The van der Waals surface area contributed by atoms with Crippen LogP contribution in [0.25, 0.3) is 11.1 Å². The maximum Gasteiger partial charge on any atom is 0.416 e. The summed E-state index contributed by atoms with van der Waals surface area (Å²) in [5, 5.41) is 11.6. The number of aliphatic carboxylic acids is 1. The number of halogens is 3. The Bertz CT molecular complexity index is 918. The van der Waals surface area contributed by atoms with Gasteiger partial charge < -0.3 is 10.4 Å². The summed E-state index contributed by atoms with van der Waals surface area (Å²) in [5.74, 6) is -0.994. The van der Waals surface area contributed by atoms with Crippen molar-refractivity contribution >= 4 is 11.9 Å². The van der Waals surface area contributed by atoms with E-state index < -0.39 is 17.7 Å². The molecule has 4 nitrogen and oxygen atoms in total. The fraction of sp³-hybridized carbons (Fsp3) is 0.333. The van der Waals surface area contributed by atoms with E-state index in [0.29, 0.717) is 22.6 Å². The molecule has 0 aromatic heterocycles. The zero-order valence-corrected chi connectivity index (χ0v) is 15.3. The molecule has 0 spiro atoms. The fourth-order valence-electron chi connectivity index (χ4n) is 3.27. The SMILES string of the molecule is CC(=O)NCc1cc(C(F)(F)F)ccc1-c1cc(CC(=O)O)ccc1C1CC1. The third kappa shape index (κ3) is 4.71. The van der Waals surface area contributed by atoms with E-state index in [4.69, 9.17) is 5.11 Å². The van der Waals surface area contributed by atoms with Crippen LogP contribution in [0.2, 0.25) is 0 Å². The van der Waals surface area contributed by atoms with Gasteiger partial charge in [-0.25, -0.2) is 0 Å². The molecule has 0 bridgehead atoms. The van der Waals surface area contributed by atoms with Gasteiger partial charge in [-0.05, 0) is 58.7 Å². The second-order valence-electron chi connectivity index (χ2n) is 7.05. The van der Waals surface area contributed by atoms with E-state index in [0.717, 1.165) is 36.1 Å². The van der Waals surface area contributed by atoms with Gasteiger partial charge in [0.1, 0.15) is 0 Å². The van der Waals surface area contributed by atoms with Crippen molar-refractivity contribution in [2.45, 2.75) is 44.8 Å². The predicted molar refractivity (Wildman–Crippen MR) is 97.7 cm³/mol. The van der Waals surface area contributed by atoms with Crippen LogP contribution >= 0.6 is 0 Å². The lowest BCUT2D eigenvalue weighted by molar-refractivity contribution is -0.138. The quantitative estimate of drug-likeness (QED) is 0.761. The molecular weight excluding hydrogens is 371 g/mol. The molecule has 2 aromatic carbocycles. The van der Waals surface area contributed by atoms with Crippen LogP contribution in [-0.4, -0.2) is 17.0 Å². The van der Waals surface area contributed by atoms with Crippen molar-refractivity contribution < 1.29 is 27.9 Å². The number of carbonyl (C=O) groups is 2. The van der Waals surface area contributed by atoms with Crippen LogP contribution in [0.3, 0.4) is 0 Å². The molecule has 0 atom stereocenters. The summed E-state index contributed by atoms with van der Waals surface area (Å²) in [6, 6.07) is 8.83. The molecule has 148 valence electrons. The molecule has 1 fully saturated rings. The monoisotopic (exact) mass is 391 g/mol. The minimum Gasteiger partial charge on any atom is -0.481 e. The number of amides is 1. The summed E-state index contributed by atoms with van der Waals surface area (Å²) in [6.07, 6.45) is -2.67. The first-order chi connectivity index (χ1) is 13.1. The Morgan fingerprint density at radius 2 is 1.82 bits per heavy atom. The van der Waals surface area contributed by atoms with Gasteiger partial charge in [-0.15, -0.1) is 0 Å². The van der Waals surface area contributed by atoms with Gasteiger partial charge in [0.05, 0.1) is 12.0 Å².